The van der Waals surface area contributed by atoms with Gasteiger partial charge in [-0.15, -0.1) is 0 Å². The van der Waals surface area contributed by atoms with E-state index in [-0.39, 0.29) is 4.90 Å². The quantitative estimate of drug-likeness (QED) is 0.861. The Labute approximate surface area is 109 Å². The van der Waals surface area contributed by atoms with Gasteiger partial charge >= 0.3 is 0 Å². The lowest BCUT2D eigenvalue weighted by Gasteiger charge is -2.07. The number of benzene rings is 2. The van der Waals surface area contributed by atoms with E-state index in [2.05, 4.69) is 5.32 Å². The second-order valence-electron chi connectivity index (χ2n) is 3.50. The molecule has 0 spiro atoms. The van der Waals surface area contributed by atoms with E-state index < -0.39 is 9.05 Å². The van der Waals surface area contributed by atoms with Gasteiger partial charge < -0.3 is 5.32 Å². The lowest BCUT2D eigenvalue weighted by Crippen LogP contribution is -1.92. The highest BCUT2D eigenvalue weighted by Gasteiger charge is 2.12. The van der Waals surface area contributed by atoms with Gasteiger partial charge in [-0.3, -0.25) is 0 Å². The Bertz CT molecular complexity index is 683. The van der Waals surface area contributed by atoms with Gasteiger partial charge in [-0.25, -0.2) is 8.42 Å². The largest absolute Gasteiger partial charge is 0.387 e. The highest BCUT2D eigenvalue weighted by atomic mass is 35.7. The van der Waals surface area contributed by atoms with Gasteiger partial charge in [-0.1, -0.05) is 23.7 Å². The molecule has 2 aromatic carbocycles. The zero-order valence-electron chi connectivity index (χ0n) is 8.87. The van der Waals surface area contributed by atoms with Gasteiger partial charge in [0.2, 0.25) is 0 Å². The predicted molar refractivity (Wildman–Crippen MR) is 71.5 cm³/mol. The van der Waals surface area contributed by atoms with E-state index in [9.17, 15) is 8.42 Å². The van der Waals surface area contributed by atoms with Crippen LogP contribution in [0, 0.1) is 0 Å². The third kappa shape index (κ3) is 2.34. The minimum absolute atomic E-state index is 0.0694. The predicted octanol–water partition coefficient (Wildman–Crippen LogP) is 3.46. The number of anilines is 1. The molecule has 1 N–H and O–H groups in total. The van der Waals surface area contributed by atoms with Crippen molar-refractivity contribution in [2.75, 3.05) is 12.4 Å². The zero-order valence-corrected chi connectivity index (χ0v) is 11.2. The molecule has 0 amide bonds. The van der Waals surface area contributed by atoms with Gasteiger partial charge in [-0.05, 0) is 23.6 Å². The van der Waals surface area contributed by atoms with Crippen LogP contribution in [0.25, 0.3) is 10.8 Å². The second kappa shape index (κ2) is 4.37. The number of rotatable bonds is 2. The van der Waals surface area contributed by atoms with Crippen molar-refractivity contribution < 1.29 is 8.42 Å². The molecule has 0 aliphatic heterocycles. The monoisotopic (exact) mass is 289 g/mol. The molecule has 0 aliphatic rings. The van der Waals surface area contributed by atoms with Crippen LogP contribution >= 0.6 is 22.3 Å². The van der Waals surface area contributed by atoms with Crippen LogP contribution in [0.15, 0.2) is 35.2 Å². The van der Waals surface area contributed by atoms with Crippen LogP contribution in [0.5, 0.6) is 0 Å². The Balaban J connectivity index is 2.74. The van der Waals surface area contributed by atoms with Crippen molar-refractivity contribution in [1.82, 2.24) is 0 Å². The average molecular weight is 290 g/mol. The summed E-state index contributed by atoms with van der Waals surface area (Å²) in [6, 6.07) is 8.17. The molecule has 0 fully saturated rings. The Morgan fingerprint density at radius 1 is 1.18 bits per heavy atom. The minimum Gasteiger partial charge on any atom is -0.387 e. The third-order valence-corrected chi connectivity index (χ3v) is 4.24. The summed E-state index contributed by atoms with van der Waals surface area (Å²) in [4.78, 5) is 0.0694. The van der Waals surface area contributed by atoms with Crippen LogP contribution in [0.1, 0.15) is 0 Å². The standard InChI is InChI=1S/C11H9Cl2NO2S/c1-14-10-5-2-7-6-8(17(13,15)16)3-4-9(7)11(10)12/h2-6,14H,1H3. The van der Waals surface area contributed by atoms with E-state index in [0.717, 1.165) is 16.5 Å². The molecule has 3 nitrogen and oxygen atoms in total. The molecule has 2 aromatic rings. The van der Waals surface area contributed by atoms with E-state index in [4.69, 9.17) is 22.3 Å². The summed E-state index contributed by atoms with van der Waals surface area (Å²) in [7, 11) is 3.34. The highest BCUT2D eigenvalue weighted by molar-refractivity contribution is 8.13. The molecule has 2 rings (SSSR count). The van der Waals surface area contributed by atoms with Crippen molar-refractivity contribution in [3.8, 4) is 0 Å². The molecule has 0 aromatic heterocycles. The molecule has 0 atom stereocenters. The minimum atomic E-state index is -3.71. The Morgan fingerprint density at radius 2 is 1.88 bits per heavy atom. The van der Waals surface area contributed by atoms with Crippen LogP contribution in [0.4, 0.5) is 5.69 Å². The molecule has 0 saturated heterocycles. The highest BCUT2D eigenvalue weighted by Crippen LogP contribution is 2.32. The fourth-order valence-electron chi connectivity index (χ4n) is 1.61. The molecule has 0 heterocycles. The number of fused-ring (bicyclic) bond motifs is 1. The van der Waals surface area contributed by atoms with Crippen molar-refractivity contribution in [3.63, 3.8) is 0 Å². The van der Waals surface area contributed by atoms with Gasteiger partial charge in [-0.2, -0.15) is 0 Å². The topological polar surface area (TPSA) is 46.2 Å². The summed E-state index contributed by atoms with van der Waals surface area (Å²) < 4.78 is 22.4. The summed E-state index contributed by atoms with van der Waals surface area (Å²) in [6.07, 6.45) is 0. The van der Waals surface area contributed by atoms with Gasteiger partial charge in [0.05, 0.1) is 15.6 Å². The van der Waals surface area contributed by atoms with Crippen molar-refractivity contribution in [3.05, 3.63) is 35.4 Å². The lowest BCUT2D eigenvalue weighted by atomic mass is 10.1. The Morgan fingerprint density at radius 3 is 2.47 bits per heavy atom. The van der Waals surface area contributed by atoms with Crippen LogP contribution in [-0.2, 0) is 9.05 Å². The Kier molecular flexibility index (Phi) is 3.21. The molecule has 0 aliphatic carbocycles. The van der Waals surface area contributed by atoms with Crippen LogP contribution in [0.3, 0.4) is 0 Å². The van der Waals surface area contributed by atoms with Crippen molar-refractivity contribution >= 4 is 47.8 Å². The first-order chi connectivity index (χ1) is 7.93. The van der Waals surface area contributed by atoms with Crippen LogP contribution in [-0.4, -0.2) is 15.5 Å². The van der Waals surface area contributed by atoms with Crippen LogP contribution < -0.4 is 5.32 Å². The molecule has 17 heavy (non-hydrogen) atoms. The molecule has 6 heteroatoms. The summed E-state index contributed by atoms with van der Waals surface area (Å²) in [5.74, 6) is 0. The van der Waals surface area contributed by atoms with Gasteiger partial charge in [0.1, 0.15) is 0 Å². The van der Waals surface area contributed by atoms with E-state index >= 15 is 0 Å². The first kappa shape index (κ1) is 12.5. The van der Waals surface area contributed by atoms with Gasteiger partial charge in [0.15, 0.2) is 0 Å². The summed E-state index contributed by atoms with van der Waals surface area (Å²) >= 11 is 6.16. The first-order valence-electron chi connectivity index (χ1n) is 4.78. The van der Waals surface area contributed by atoms with E-state index in [1.54, 1.807) is 25.2 Å². The maximum Gasteiger partial charge on any atom is 0.261 e. The number of halogens is 2. The molecular weight excluding hydrogens is 281 g/mol. The van der Waals surface area contributed by atoms with Crippen molar-refractivity contribution in [1.29, 1.82) is 0 Å². The zero-order chi connectivity index (χ0) is 12.6. The number of nitrogens with one attached hydrogen (secondary N) is 1. The van der Waals surface area contributed by atoms with E-state index in [1.807, 2.05) is 0 Å². The average Bonchev–Trinajstić information content (AvgIpc) is 2.28. The fraction of sp³-hybridized carbons (Fsp3) is 0.0909. The van der Waals surface area contributed by atoms with E-state index in [1.165, 1.54) is 12.1 Å². The molecule has 0 saturated carbocycles. The molecule has 0 bridgehead atoms. The third-order valence-electron chi connectivity index (χ3n) is 2.48. The SMILES string of the molecule is CNc1ccc2cc(S(=O)(=O)Cl)ccc2c1Cl. The normalized spacial score (nSPS) is 11.7. The number of hydrogen-bond acceptors (Lipinski definition) is 3. The van der Waals surface area contributed by atoms with Crippen molar-refractivity contribution in [2.45, 2.75) is 4.90 Å². The van der Waals surface area contributed by atoms with E-state index in [0.29, 0.717) is 5.02 Å². The number of hydrogen-bond donors (Lipinski definition) is 1. The molecule has 90 valence electrons. The smallest absolute Gasteiger partial charge is 0.261 e. The van der Waals surface area contributed by atoms with Gasteiger partial charge in [0.25, 0.3) is 9.05 Å². The fourth-order valence-corrected chi connectivity index (χ4v) is 2.73. The maximum absolute atomic E-state index is 11.2. The molecule has 0 unspecified atom stereocenters. The summed E-state index contributed by atoms with van der Waals surface area (Å²) in [5.41, 5.74) is 0.792. The van der Waals surface area contributed by atoms with Crippen molar-refractivity contribution in [2.24, 2.45) is 0 Å². The second-order valence-corrected chi connectivity index (χ2v) is 6.44. The first-order valence-corrected chi connectivity index (χ1v) is 7.47. The maximum atomic E-state index is 11.2. The van der Waals surface area contributed by atoms with Crippen LogP contribution in [0.2, 0.25) is 5.02 Å². The molecular formula is C11H9Cl2NO2S. The summed E-state index contributed by atoms with van der Waals surface area (Å²) in [5, 5.41) is 5.03. The molecule has 0 radical (unpaired) electrons. The Hall–Kier alpha value is -0.970. The summed E-state index contributed by atoms with van der Waals surface area (Å²) in [6.45, 7) is 0. The van der Waals surface area contributed by atoms with Gasteiger partial charge in [0, 0.05) is 23.1 Å². The lowest BCUT2D eigenvalue weighted by molar-refractivity contribution is 0.609.